The van der Waals surface area contributed by atoms with Gasteiger partial charge >= 0.3 is 0 Å². The molecule has 2 aromatic rings. The van der Waals surface area contributed by atoms with Crippen LogP contribution >= 0.6 is 34.4 Å². The van der Waals surface area contributed by atoms with Crippen LogP contribution in [0.5, 0.6) is 0 Å². The Bertz CT molecular complexity index is 818. The van der Waals surface area contributed by atoms with E-state index < -0.39 is 0 Å². The number of amides is 2. The number of nitrogens with one attached hydrogen (secondary N) is 1. The molecule has 0 atom stereocenters. The number of para-hydroxylation sites is 1. The molecule has 2 aromatic carbocycles. The van der Waals surface area contributed by atoms with Crippen LogP contribution in [0, 0.1) is 10.5 Å². The van der Waals surface area contributed by atoms with Crippen LogP contribution < -0.4 is 5.32 Å². The lowest BCUT2D eigenvalue weighted by Gasteiger charge is -2.15. The molecule has 3 rings (SSSR count). The first-order chi connectivity index (χ1) is 11.5. The Morgan fingerprint density at radius 3 is 2.54 bits per heavy atom. The Kier molecular flexibility index (Phi) is 5.25. The largest absolute Gasteiger partial charge is 0.367 e. The molecule has 0 spiro atoms. The van der Waals surface area contributed by atoms with Crippen molar-refractivity contribution in [3.05, 3.63) is 68.1 Å². The Labute approximate surface area is 158 Å². The average Bonchev–Trinajstić information content (AvgIpc) is 2.83. The number of imide groups is 1. The SMILES string of the molecule is Cc1ccccc1NCN1C(=O)S/C(=C/c2ccc(I)cc2)C1=O. The first-order valence-electron chi connectivity index (χ1n) is 7.35. The monoisotopic (exact) mass is 450 g/mol. The molecule has 1 fully saturated rings. The molecule has 24 heavy (non-hydrogen) atoms. The molecule has 1 aliphatic rings. The van der Waals surface area contributed by atoms with Crippen LogP contribution in [0.15, 0.2) is 53.4 Å². The number of carbonyl (C=O) groups is 2. The maximum Gasteiger partial charge on any atom is 0.295 e. The van der Waals surface area contributed by atoms with Crippen molar-refractivity contribution < 1.29 is 9.59 Å². The summed E-state index contributed by atoms with van der Waals surface area (Å²) >= 11 is 3.20. The molecule has 1 heterocycles. The zero-order chi connectivity index (χ0) is 17.1. The second kappa shape index (κ2) is 7.40. The van der Waals surface area contributed by atoms with E-state index in [0.717, 1.165) is 32.1 Å². The maximum absolute atomic E-state index is 12.5. The molecule has 4 nitrogen and oxygen atoms in total. The number of benzene rings is 2. The number of halogens is 1. The van der Waals surface area contributed by atoms with E-state index >= 15 is 0 Å². The van der Waals surface area contributed by atoms with Gasteiger partial charge in [-0.3, -0.25) is 14.5 Å². The molecule has 1 N–H and O–H groups in total. The third-order valence-electron chi connectivity index (χ3n) is 3.61. The van der Waals surface area contributed by atoms with Crippen molar-refractivity contribution in [2.24, 2.45) is 0 Å². The van der Waals surface area contributed by atoms with Crippen molar-refractivity contribution >= 4 is 57.3 Å². The van der Waals surface area contributed by atoms with E-state index in [1.165, 1.54) is 4.90 Å². The average molecular weight is 450 g/mol. The number of anilines is 1. The van der Waals surface area contributed by atoms with Gasteiger partial charge in [0.2, 0.25) is 0 Å². The summed E-state index contributed by atoms with van der Waals surface area (Å²) in [5.74, 6) is -0.260. The van der Waals surface area contributed by atoms with Crippen molar-refractivity contribution in [3.63, 3.8) is 0 Å². The predicted molar refractivity (Wildman–Crippen MR) is 107 cm³/mol. The first kappa shape index (κ1) is 17.0. The van der Waals surface area contributed by atoms with Crippen molar-refractivity contribution in [3.8, 4) is 0 Å². The number of hydrogen-bond acceptors (Lipinski definition) is 4. The Hall–Kier alpha value is -1.80. The van der Waals surface area contributed by atoms with Crippen molar-refractivity contribution in [2.75, 3.05) is 12.0 Å². The minimum atomic E-state index is -0.260. The zero-order valence-corrected chi connectivity index (χ0v) is 15.9. The second-order valence-electron chi connectivity index (χ2n) is 5.31. The fourth-order valence-corrected chi connectivity index (χ4v) is 3.48. The third-order valence-corrected chi connectivity index (χ3v) is 5.24. The summed E-state index contributed by atoms with van der Waals surface area (Å²) in [6, 6.07) is 15.6. The molecule has 0 aliphatic carbocycles. The van der Waals surface area contributed by atoms with E-state index in [2.05, 4.69) is 27.9 Å². The smallest absolute Gasteiger partial charge is 0.295 e. The van der Waals surface area contributed by atoms with E-state index in [1.807, 2.05) is 55.5 Å². The van der Waals surface area contributed by atoms with E-state index in [4.69, 9.17) is 0 Å². The van der Waals surface area contributed by atoms with Crippen LogP contribution in [0.3, 0.4) is 0 Å². The minimum absolute atomic E-state index is 0.166. The van der Waals surface area contributed by atoms with Crippen molar-refractivity contribution in [1.29, 1.82) is 0 Å². The van der Waals surface area contributed by atoms with Crippen LogP contribution in [0.2, 0.25) is 0 Å². The first-order valence-corrected chi connectivity index (χ1v) is 9.24. The molecule has 2 amide bonds. The Balaban J connectivity index is 1.72. The molecule has 0 aromatic heterocycles. The summed E-state index contributed by atoms with van der Waals surface area (Å²) < 4.78 is 1.13. The summed E-state index contributed by atoms with van der Waals surface area (Å²) in [5.41, 5.74) is 2.89. The van der Waals surface area contributed by atoms with Gasteiger partial charge in [0.05, 0.1) is 11.6 Å². The molecule has 1 saturated heterocycles. The minimum Gasteiger partial charge on any atom is -0.367 e. The highest BCUT2D eigenvalue weighted by molar-refractivity contribution is 14.1. The molecule has 0 unspecified atom stereocenters. The van der Waals surface area contributed by atoms with E-state index in [-0.39, 0.29) is 17.8 Å². The Morgan fingerprint density at radius 1 is 1.12 bits per heavy atom. The highest BCUT2D eigenvalue weighted by Gasteiger charge is 2.34. The van der Waals surface area contributed by atoms with E-state index in [1.54, 1.807) is 6.08 Å². The van der Waals surface area contributed by atoms with Gasteiger partial charge in [-0.1, -0.05) is 30.3 Å². The molecule has 6 heteroatoms. The molecule has 0 radical (unpaired) electrons. The fraction of sp³-hybridized carbons (Fsp3) is 0.111. The number of rotatable bonds is 4. The number of nitrogens with zero attached hydrogens (tertiary/aromatic N) is 1. The van der Waals surface area contributed by atoms with Gasteiger partial charge in [-0.05, 0) is 76.7 Å². The van der Waals surface area contributed by atoms with Crippen molar-refractivity contribution in [2.45, 2.75) is 6.92 Å². The molecule has 0 saturated carbocycles. The summed E-state index contributed by atoms with van der Waals surface area (Å²) in [4.78, 5) is 26.3. The van der Waals surface area contributed by atoms with Gasteiger partial charge in [0.15, 0.2) is 0 Å². The third kappa shape index (κ3) is 3.81. The topological polar surface area (TPSA) is 49.4 Å². The highest BCUT2D eigenvalue weighted by atomic mass is 127. The number of carbonyl (C=O) groups excluding carboxylic acids is 2. The lowest BCUT2D eigenvalue weighted by Crippen LogP contribution is -2.33. The van der Waals surface area contributed by atoms with Crippen LogP contribution in [0.25, 0.3) is 6.08 Å². The van der Waals surface area contributed by atoms with E-state index in [9.17, 15) is 9.59 Å². The van der Waals surface area contributed by atoms with Gasteiger partial charge in [-0.15, -0.1) is 0 Å². The van der Waals surface area contributed by atoms with Gasteiger partial charge < -0.3 is 5.32 Å². The molecular formula is C18H15IN2O2S. The van der Waals surface area contributed by atoms with Gasteiger partial charge in [0, 0.05) is 9.26 Å². The normalized spacial score (nSPS) is 16.1. The van der Waals surface area contributed by atoms with Gasteiger partial charge in [0.1, 0.15) is 0 Å². The number of hydrogen-bond donors (Lipinski definition) is 1. The van der Waals surface area contributed by atoms with Crippen LogP contribution in [-0.4, -0.2) is 22.7 Å². The summed E-state index contributed by atoms with van der Waals surface area (Å²) in [5, 5.41) is 2.90. The summed E-state index contributed by atoms with van der Waals surface area (Å²) in [6.07, 6.45) is 1.76. The predicted octanol–water partition coefficient (Wildman–Crippen LogP) is 4.71. The second-order valence-corrected chi connectivity index (χ2v) is 7.55. The van der Waals surface area contributed by atoms with Crippen molar-refractivity contribution in [1.82, 2.24) is 4.90 Å². The number of aryl methyl sites for hydroxylation is 1. The van der Waals surface area contributed by atoms with E-state index in [0.29, 0.717) is 4.91 Å². The van der Waals surface area contributed by atoms with Gasteiger partial charge in [-0.2, -0.15) is 0 Å². The lowest BCUT2D eigenvalue weighted by molar-refractivity contribution is -0.122. The van der Waals surface area contributed by atoms with Gasteiger partial charge in [-0.25, -0.2) is 0 Å². The summed E-state index contributed by atoms with van der Waals surface area (Å²) in [6.45, 7) is 2.15. The molecular weight excluding hydrogens is 435 g/mol. The maximum atomic E-state index is 12.5. The van der Waals surface area contributed by atoms with Crippen LogP contribution in [0.4, 0.5) is 10.5 Å². The molecule has 1 aliphatic heterocycles. The highest BCUT2D eigenvalue weighted by Crippen LogP contribution is 2.32. The van der Waals surface area contributed by atoms with Gasteiger partial charge in [0.25, 0.3) is 11.1 Å². The molecule has 122 valence electrons. The van der Waals surface area contributed by atoms with Crippen LogP contribution in [-0.2, 0) is 4.79 Å². The zero-order valence-electron chi connectivity index (χ0n) is 13.0. The summed E-state index contributed by atoms with van der Waals surface area (Å²) in [7, 11) is 0. The molecule has 0 bridgehead atoms. The number of thioether (sulfide) groups is 1. The Morgan fingerprint density at radius 2 is 1.83 bits per heavy atom. The fourth-order valence-electron chi connectivity index (χ4n) is 2.28. The quantitative estimate of drug-likeness (QED) is 0.542. The standard InChI is InChI=1S/C18H15IN2O2S/c1-12-4-2-3-5-15(12)20-11-21-17(22)16(24-18(21)23)10-13-6-8-14(19)9-7-13/h2-10,20H,11H2,1H3/b16-10+. The lowest BCUT2D eigenvalue weighted by atomic mass is 10.2. The van der Waals surface area contributed by atoms with Crippen LogP contribution in [0.1, 0.15) is 11.1 Å².